The lowest BCUT2D eigenvalue weighted by atomic mass is 10.1. The number of hydrogen-bond acceptors (Lipinski definition) is 1. The Bertz CT molecular complexity index is 548. The van der Waals surface area contributed by atoms with E-state index in [-0.39, 0.29) is 5.91 Å². The average Bonchev–Trinajstić information content (AvgIpc) is 2.52. The van der Waals surface area contributed by atoms with Gasteiger partial charge in [-0.1, -0.05) is 54.6 Å². The summed E-state index contributed by atoms with van der Waals surface area (Å²) >= 11 is 0. The first kappa shape index (κ1) is 14.1. The van der Waals surface area contributed by atoms with Crippen molar-refractivity contribution in [1.29, 1.82) is 0 Å². The minimum absolute atomic E-state index is 0.125. The van der Waals surface area contributed by atoms with Crippen LogP contribution in [0.1, 0.15) is 18.4 Å². The van der Waals surface area contributed by atoms with Gasteiger partial charge in [0.2, 0.25) is 5.91 Å². The standard InChI is InChI=1S/C18H19NO/c1-2-3-14-18(20)19(17-12-8-5-9-13-17)15-16-10-6-4-7-11-16/h2,4-13H,1,3,14-15H2. The van der Waals surface area contributed by atoms with Crippen molar-refractivity contribution in [2.24, 2.45) is 0 Å². The third-order valence-electron chi connectivity index (χ3n) is 3.11. The highest BCUT2D eigenvalue weighted by molar-refractivity contribution is 5.93. The largest absolute Gasteiger partial charge is 0.308 e. The highest BCUT2D eigenvalue weighted by Crippen LogP contribution is 2.18. The van der Waals surface area contributed by atoms with E-state index in [0.717, 1.165) is 11.3 Å². The topological polar surface area (TPSA) is 20.3 Å². The smallest absolute Gasteiger partial charge is 0.227 e. The maximum atomic E-state index is 12.4. The number of carbonyl (C=O) groups excluding carboxylic acids is 1. The lowest BCUT2D eigenvalue weighted by Crippen LogP contribution is -2.30. The van der Waals surface area contributed by atoms with Gasteiger partial charge in [0.25, 0.3) is 0 Å². The van der Waals surface area contributed by atoms with Crippen LogP contribution in [-0.2, 0) is 11.3 Å². The summed E-state index contributed by atoms with van der Waals surface area (Å²) in [7, 11) is 0. The van der Waals surface area contributed by atoms with Gasteiger partial charge in [0, 0.05) is 12.1 Å². The average molecular weight is 265 g/mol. The van der Waals surface area contributed by atoms with E-state index >= 15 is 0 Å². The summed E-state index contributed by atoms with van der Waals surface area (Å²) in [6.45, 7) is 4.28. The van der Waals surface area contributed by atoms with Crippen molar-refractivity contribution in [3.8, 4) is 0 Å². The van der Waals surface area contributed by atoms with E-state index < -0.39 is 0 Å². The number of para-hydroxylation sites is 1. The van der Waals surface area contributed by atoms with Gasteiger partial charge in [0.1, 0.15) is 0 Å². The fourth-order valence-corrected chi connectivity index (χ4v) is 2.06. The molecule has 0 fully saturated rings. The number of anilines is 1. The molecule has 0 aliphatic rings. The van der Waals surface area contributed by atoms with Gasteiger partial charge in [-0.05, 0) is 24.1 Å². The molecule has 2 rings (SSSR count). The number of rotatable bonds is 6. The molecule has 0 aliphatic heterocycles. The minimum Gasteiger partial charge on any atom is -0.308 e. The Balaban J connectivity index is 2.20. The van der Waals surface area contributed by atoms with E-state index in [1.807, 2.05) is 65.6 Å². The first-order valence-electron chi connectivity index (χ1n) is 6.81. The molecule has 1 amide bonds. The zero-order valence-electron chi connectivity index (χ0n) is 11.5. The Kier molecular flexibility index (Phi) is 5.13. The van der Waals surface area contributed by atoms with Crippen LogP contribution in [0.4, 0.5) is 5.69 Å². The molecule has 0 N–H and O–H groups in total. The third kappa shape index (κ3) is 3.82. The van der Waals surface area contributed by atoms with E-state index in [9.17, 15) is 4.79 Å². The Morgan fingerprint density at radius 2 is 1.60 bits per heavy atom. The molecule has 0 saturated carbocycles. The zero-order valence-corrected chi connectivity index (χ0v) is 11.5. The Labute approximate surface area is 120 Å². The van der Waals surface area contributed by atoms with Crippen molar-refractivity contribution < 1.29 is 4.79 Å². The molecule has 0 heterocycles. The van der Waals surface area contributed by atoms with E-state index in [0.29, 0.717) is 19.4 Å². The monoisotopic (exact) mass is 265 g/mol. The van der Waals surface area contributed by atoms with Gasteiger partial charge >= 0.3 is 0 Å². The molecular weight excluding hydrogens is 246 g/mol. The van der Waals surface area contributed by atoms with Crippen LogP contribution in [0, 0.1) is 0 Å². The summed E-state index contributed by atoms with van der Waals surface area (Å²) in [6.07, 6.45) is 2.98. The number of amides is 1. The Morgan fingerprint density at radius 1 is 1.00 bits per heavy atom. The van der Waals surface area contributed by atoms with Gasteiger partial charge < -0.3 is 4.90 Å². The molecule has 102 valence electrons. The molecule has 2 aromatic carbocycles. The van der Waals surface area contributed by atoms with Crippen LogP contribution in [-0.4, -0.2) is 5.91 Å². The van der Waals surface area contributed by atoms with Crippen LogP contribution >= 0.6 is 0 Å². The number of benzene rings is 2. The molecular formula is C18H19NO. The van der Waals surface area contributed by atoms with Gasteiger partial charge in [0.05, 0.1) is 6.54 Å². The number of nitrogens with zero attached hydrogens (tertiary/aromatic N) is 1. The van der Waals surface area contributed by atoms with Crippen molar-refractivity contribution in [1.82, 2.24) is 0 Å². The second kappa shape index (κ2) is 7.29. The van der Waals surface area contributed by atoms with E-state index in [4.69, 9.17) is 0 Å². The number of carbonyl (C=O) groups is 1. The first-order chi connectivity index (χ1) is 9.81. The summed E-state index contributed by atoms with van der Waals surface area (Å²) in [6, 6.07) is 19.8. The molecule has 0 bridgehead atoms. The summed E-state index contributed by atoms with van der Waals surface area (Å²) in [5, 5.41) is 0. The zero-order chi connectivity index (χ0) is 14.2. The van der Waals surface area contributed by atoms with Crippen molar-refractivity contribution in [3.05, 3.63) is 78.9 Å². The summed E-state index contributed by atoms with van der Waals surface area (Å²) in [5.74, 6) is 0.125. The van der Waals surface area contributed by atoms with Crippen molar-refractivity contribution >= 4 is 11.6 Å². The molecule has 0 radical (unpaired) electrons. The van der Waals surface area contributed by atoms with Crippen LogP contribution in [0.25, 0.3) is 0 Å². The number of hydrogen-bond donors (Lipinski definition) is 0. The third-order valence-corrected chi connectivity index (χ3v) is 3.11. The predicted octanol–water partition coefficient (Wildman–Crippen LogP) is 4.19. The minimum atomic E-state index is 0.125. The molecule has 0 aliphatic carbocycles. The van der Waals surface area contributed by atoms with Crippen LogP contribution in [0.5, 0.6) is 0 Å². The number of allylic oxidation sites excluding steroid dienone is 1. The summed E-state index contributed by atoms with van der Waals surface area (Å²) < 4.78 is 0. The normalized spacial score (nSPS) is 10.0. The molecule has 20 heavy (non-hydrogen) atoms. The van der Waals surface area contributed by atoms with Crippen LogP contribution in [0.2, 0.25) is 0 Å². The fraction of sp³-hybridized carbons (Fsp3) is 0.167. The molecule has 0 atom stereocenters. The SMILES string of the molecule is C=CCCC(=O)N(Cc1ccccc1)c1ccccc1. The van der Waals surface area contributed by atoms with Crippen LogP contribution in [0.3, 0.4) is 0 Å². The first-order valence-corrected chi connectivity index (χ1v) is 6.81. The maximum Gasteiger partial charge on any atom is 0.227 e. The van der Waals surface area contributed by atoms with E-state index in [2.05, 4.69) is 6.58 Å². The molecule has 0 spiro atoms. The second-order valence-electron chi connectivity index (χ2n) is 4.63. The molecule has 0 aromatic heterocycles. The lowest BCUT2D eigenvalue weighted by Gasteiger charge is -2.23. The Hall–Kier alpha value is -2.35. The highest BCUT2D eigenvalue weighted by Gasteiger charge is 2.14. The Morgan fingerprint density at radius 3 is 2.20 bits per heavy atom. The molecule has 2 aromatic rings. The predicted molar refractivity (Wildman–Crippen MR) is 83.5 cm³/mol. The van der Waals surface area contributed by atoms with Crippen LogP contribution in [0.15, 0.2) is 73.3 Å². The summed E-state index contributed by atoms with van der Waals surface area (Å²) in [4.78, 5) is 14.2. The van der Waals surface area contributed by atoms with E-state index in [1.165, 1.54) is 0 Å². The highest BCUT2D eigenvalue weighted by atomic mass is 16.2. The fourth-order valence-electron chi connectivity index (χ4n) is 2.06. The van der Waals surface area contributed by atoms with Gasteiger partial charge in [-0.25, -0.2) is 0 Å². The van der Waals surface area contributed by atoms with E-state index in [1.54, 1.807) is 6.08 Å². The van der Waals surface area contributed by atoms with Gasteiger partial charge in [0.15, 0.2) is 0 Å². The molecule has 0 saturated heterocycles. The maximum absolute atomic E-state index is 12.4. The molecule has 2 heteroatoms. The van der Waals surface area contributed by atoms with Gasteiger partial charge in [-0.15, -0.1) is 6.58 Å². The quantitative estimate of drug-likeness (QED) is 0.717. The van der Waals surface area contributed by atoms with Crippen molar-refractivity contribution in [3.63, 3.8) is 0 Å². The van der Waals surface area contributed by atoms with Crippen molar-refractivity contribution in [2.75, 3.05) is 4.90 Å². The van der Waals surface area contributed by atoms with Gasteiger partial charge in [-0.3, -0.25) is 4.79 Å². The van der Waals surface area contributed by atoms with Gasteiger partial charge in [-0.2, -0.15) is 0 Å². The molecule has 0 unspecified atom stereocenters. The van der Waals surface area contributed by atoms with Crippen LogP contribution < -0.4 is 4.90 Å². The van der Waals surface area contributed by atoms with Crippen molar-refractivity contribution in [2.45, 2.75) is 19.4 Å². The molecule has 2 nitrogen and oxygen atoms in total. The second-order valence-corrected chi connectivity index (χ2v) is 4.63. The summed E-state index contributed by atoms with van der Waals surface area (Å²) in [5.41, 5.74) is 2.06. The lowest BCUT2D eigenvalue weighted by molar-refractivity contribution is -0.118.